The number of nitro benzene ring substituents is 1. The second-order valence-electron chi connectivity index (χ2n) is 4.32. The Morgan fingerprint density at radius 3 is 2.76 bits per heavy atom. The van der Waals surface area contributed by atoms with Crippen molar-refractivity contribution in [1.29, 1.82) is 0 Å². The number of benzene rings is 1. The Kier molecular flexibility index (Phi) is 5.20. The van der Waals surface area contributed by atoms with Gasteiger partial charge in [0.05, 0.1) is 18.1 Å². The topological polar surface area (TPSA) is 97.1 Å². The highest BCUT2D eigenvalue weighted by Gasteiger charge is 2.23. The van der Waals surface area contributed by atoms with Crippen LogP contribution in [0.25, 0.3) is 0 Å². The molecule has 0 N–H and O–H groups in total. The minimum absolute atomic E-state index is 0.137. The molecule has 0 radical (unpaired) electrons. The van der Waals surface area contributed by atoms with E-state index >= 15 is 0 Å². The number of esters is 1. The molecule has 0 amide bonds. The average Bonchev–Trinajstić information content (AvgIpc) is 2.48. The number of nitro groups is 1. The molecule has 1 aromatic carbocycles. The lowest BCUT2D eigenvalue weighted by molar-refractivity contribution is -0.385. The average molecular weight is 297 g/mol. The third-order valence-corrected chi connectivity index (χ3v) is 2.76. The molecule has 1 aliphatic rings. The summed E-state index contributed by atoms with van der Waals surface area (Å²) in [5.74, 6) is -0.847. The standard InChI is InChI=1S/C13H15NO7/c1-18-8-12(15)21-11-4-3-9(7-10(11)14(16)17)13-19-5-2-6-20-13/h3-4,7,13H,2,5-6,8H2,1H3. The van der Waals surface area contributed by atoms with E-state index in [9.17, 15) is 14.9 Å². The molecule has 0 spiro atoms. The normalized spacial score (nSPS) is 15.7. The SMILES string of the molecule is COCC(=O)Oc1ccc(C2OCCCO2)cc1[N+](=O)[O-]. The fourth-order valence-electron chi connectivity index (χ4n) is 1.86. The first-order valence-corrected chi connectivity index (χ1v) is 6.33. The molecule has 0 aromatic heterocycles. The lowest BCUT2D eigenvalue weighted by Crippen LogP contribution is -2.18. The molecule has 2 rings (SSSR count). The third-order valence-electron chi connectivity index (χ3n) is 2.76. The summed E-state index contributed by atoms with van der Waals surface area (Å²) in [7, 11) is 1.33. The van der Waals surface area contributed by atoms with Crippen molar-refractivity contribution in [2.45, 2.75) is 12.7 Å². The van der Waals surface area contributed by atoms with Gasteiger partial charge in [-0.1, -0.05) is 0 Å². The minimum atomic E-state index is -0.710. The van der Waals surface area contributed by atoms with Gasteiger partial charge in [0.25, 0.3) is 0 Å². The summed E-state index contributed by atoms with van der Waals surface area (Å²) < 4.78 is 20.3. The second kappa shape index (κ2) is 7.11. The summed E-state index contributed by atoms with van der Waals surface area (Å²) >= 11 is 0. The van der Waals surface area contributed by atoms with Gasteiger partial charge in [0.2, 0.25) is 5.75 Å². The van der Waals surface area contributed by atoms with E-state index < -0.39 is 17.2 Å². The molecule has 1 fully saturated rings. The molecule has 0 unspecified atom stereocenters. The Hall–Kier alpha value is -2.03. The van der Waals surface area contributed by atoms with E-state index in [0.717, 1.165) is 6.42 Å². The van der Waals surface area contributed by atoms with Gasteiger partial charge in [-0.15, -0.1) is 0 Å². The molecule has 0 atom stereocenters. The summed E-state index contributed by atoms with van der Waals surface area (Å²) in [6.07, 6.45) is 0.145. The Bertz CT molecular complexity index is 525. The van der Waals surface area contributed by atoms with E-state index in [0.29, 0.717) is 18.8 Å². The molecule has 1 aromatic rings. The van der Waals surface area contributed by atoms with Crippen molar-refractivity contribution < 1.29 is 28.7 Å². The van der Waals surface area contributed by atoms with Gasteiger partial charge >= 0.3 is 11.7 Å². The first kappa shape index (κ1) is 15.4. The quantitative estimate of drug-likeness (QED) is 0.352. The van der Waals surface area contributed by atoms with E-state index in [4.69, 9.17) is 14.2 Å². The number of hydrogen-bond donors (Lipinski definition) is 0. The minimum Gasteiger partial charge on any atom is -0.417 e. The van der Waals surface area contributed by atoms with Crippen LogP contribution < -0.4 is 4.74 Å². The number of ether oxygens (including phenoxy) is 4. The molecule has 114 valence electrons. The van der Waals surface area contributed by atoms with Crippen LogP contribution >= 0.6 is 0 Å². The van der Waals surface area contributed by atoms with Gasteiger partial charge in [-0.2, -0.15) is 0 Å². The van der Waals surface area contributed by atoms with Crippen LogP contribution in [0.3, 0.4) is 0 Å². The molecule has 1 heterocycles. The number of carbonyl (C=O) groups is 1. The fourth-order valence-corrected chi connectivity index (χ4v) is 1.86. The van der Waals surface area contributed by atoms with Gasteiger partial charge in [-0.3, -0.25) is 10.1 Å². The highest BCUT2D eigenvalue weighted by molar-refractivity contribution is 5.75. The van der Waals surface area contributed by atoms with E-state index in [1.807, 2.05) is 0 Å². The second-order valence-corrected chi connectivity index (χ2v) is 4.32. The van der Waals surface area contributed by atoms with Crippen molar-refractivity contribution >= 4 is 11.7 Å². The molecule has 8 nitrogen and oxygen atoms in total. The number of hydrogen-bond acceptors (Lipinski definition) is 7. The molecule has 1 saturated heterocycles. The predicted octanol–water partition coefficient (Wildman–Crippen LogP) is 1.58. The van der Waals surface area contributed by atoms with Gasteiger partial charge in [-0.25, -0.2) is 4.79 Å². The maximum absolute atomic E-state index is 11.4. The Balaban J connectivity index is 2.22. The number of methoxy groups -OCH3 is 1. The molecule has 1 aliphatic heterocycles. The van der Waals surface area contributed by atoms with Crippen LogP contribution in [0.15, 0.2) is 18.2 Å². The highest BCUT2D eigenvalue weighted by atomic mass is 16.7. The zero-order valence-corrected chi connectivity index (χ0v) is 11.4. The Labute approximate surface area is 120 Å². The van der Waals surface area contributed by atoms with Crippen molar-refractivity contribution in [2.75, 3.05) is 26.9 Å². The fraction of sp³-hybridized carbons (Fsp3) is 0.462. The van der Waals surface area contributed by atoms with E-state index in [-0.39, 0.29) is 18.0 Å². The van der Waals surface area contributed by atoms with Crippen LogP contribution in [0.4, 0.5) is 5.69 Å². The molecule has 0 saturated carbocycles. The summed E-state index contributed by atoms with van der Waals surface area (Å²) in [6.45, 7) is 0.778. The molecular formula is C13H15NO7. The predicted molar refractivity (Wildman–Crippen MR) is 69.9 cm³/mol. The lowest BCUT2D eigenvalue weighted by Gasteiger charge is -2.23. The monoisotopic (exact) mass is 297 g/mol. The summed E-state index contributed by atoms with van der Waals surface area (Å²) in [4.78, 5) is 21.8. The Morgan fingerprint density at radius 2 is 2.14 bits per heavy atom. The van der Waals surface area contributed by atoms with Gasteiger partial charge in [0, 0.05) is 18.7 Å². The van der Waals surface area contributed by atoms with Crippen LogP contribution in [0.1, 0.15) is 18.3 Å². The zero-order valence-electron chi connectivity index (χ0n) is 11.4. The van der Waals surface area contributed by atoms with Crippen LogP contribution in [-0.4, -0.2) is 37.8 Å². The number of rotatable bonds is 5. The number of nitrogens with zero attached hydrogens (tertiary/aromatic N) is 1. The van der Waals surface area contributed by atoms with Crippen LogP contribution in [-0.2, 0) is 19.0 Å². The molecule has 0 bridgehead atoms. The largest absolute Gasteiger partial charge is 0.417 e. The maximum atomic E-state index is 11.4. The Morgan fingerprint density at radius 1 is 1.43 bits per heavy atom. The highest BCUT2D eigenvalue weighted by Crippen LogP contribution is 2.32. The zero-order chi connectivity index (χ0) is 15.2. The number of carbonyl (C=O) groups excluding carboxylic acids is 1. The van der Waals surface area contributed by atoms with Gasteiger partial charge < -0.3 is 18.9 Å². The molecular weight excluding hydrogens is 282 g/mol. The first-order chi connectivity index (χ1) is 10.1. The molecule has 8 heteroatoms. The first-order valence-electron chi connectivity index (χ1n) is 6.33. The van der Waals surface area contributed by atoms with Crippen LogP contribution in [0.5, 0.6) is 5.75 Å². The van der Waals surface area contributed by atoms with E-state index in [1.54, 1.807) is 6.07 Å². The van der Waals surface area contributed by atoms with Gasteiger partial charge in [0.15, 0.2) is 6.29 Å². The van der Waals surface area contributed by atoms with Crippen molar-refractivity contribution in [3.63, 3.8) is 0 Å². The van der Waals surface area contributed by atoms with Crippen molar-refractivity contribution in [3.05, 3.63) is 33.9 Å². The summed E-state index contributed by atoms with van der Waals surface area (Å²) in [6, 6.07) is 4.20. The maximum Gasteiger partial charge on any atom is 0.337 e. The van der Waals surface area contributed by atoms with Crippen LogP contribution in [0.2, 0.25) is 0 Å². The van der Waals surface area contributed by atoms with Gasteiger partial charge in [0.1, 0.15) is 6.61 Å². The van der Waals surface area contributed by atoms with Crippen molar-refractivity contribution in [3.8, 4) is 5.75 Å². The van der Waals surface area contributed by atoms with Crippen LogP contribution in [0, 0.1) is 10.1 Å². The van der Waals surface area contributed by atoms with E-state index in [1.165, 1.54) is 19.2 Å². The molecule has 21 heavy (non-hydrogen) atoms. The smallest absolute Gasteiger partial charge is 0.337 e. The van der Waals surface area contributed by atoms with Crippen molar-refractivity contribution in [2.24, 2.45) is 0 Å². The van der Waals surface area contributed by atoms with E-state index in [2.05, 4.69) is 4.74 Å². The summed E-state index contributed by atoms with van der Waals surface area (Å²) in [5.41, 5.74) is 0.183. The lowest BCUT2D eigenvalue weighted by atomic mass is 10.1. The molecule has 0 aliphatic carbocycles. The third kappa shape index (κ3) is 3.97. The van der Waals surface area contributed by atoms with Gasteiger partial charge in [-0.05, 0) is 18.6 Å². The van der Waals surface area contributed by atoms with Crippen molar-refractivity contribution in [1.82, 2.24) is 0 Å². The summed E-state index contributed by atoms with van der Waals surface area (Å²) in [5, 5.41) is 11.1.